The molecule has 1 aliphatic carbocycles. The molecule has 0 saturated heterocycles. The molecule has 1 aliphatic rings. The summed E-state index contributed by atoms with van der Waals surface area (Å²) in [7, 11) is 1.51. The van der Waals surface area contributed by atoms with E-state index in [0.717, 1.165) is 33.3 Å². The Bertz CT molecular complexity index is 1520. The Balaban J connectivity index is 1.25. The largest absolute Gasteiger partial charge is 0.457 e. The van der Waals surface area contributed by atoms with Crippen molar-refractivity contribution in [3.63, 3.8) is 0 Å². The summed E-state index contributed by atoms with van der Waals surface area (Å²) in [5, 5.41) is 4.83. The molecule has 7 heteroatoms. The van der Waals surface area contributed by atoms with Gasteiger partial charge in [-0.1, -0.05) is 35.5 Å². The molecule has 6 nitrogen and oxygen atoms in total. The van der Waals surface area contributed by atoms with Crippen LogP contribution in [0.2, 0.25) is 0 Å². The van der Waals surface area contributed by atoms with Crippen molar-refractivity contribution in [2.45, 2.75) is 32.6 Å². The average Bonchev–Trinajstić information content (AvgIpc) is 3.74. The predicted octanol–water partition coefficient (Wildman–Crippen LogP) is 6.24. The molecule has 0 amide bonds. The molecule has 5 rings (SSSR count). The summed E-state index contributed by atoms with van der Waals surface area (Å²) in [5.41, 5.74) is 3.05. The second-order valence-electron chi connectivity index (χ2n) is 9.55. The van der Waals surface area contributed by atoms with Crippen LogP contribution < -0.4 is 4.74 Å². The Kier molecular flexibility index (Phi) is 7.01. The summed E-state index contributed by atoms with van der Waals surface area (Å²) in [5.74, 6) is 0.783. The lowest BCUT2D eigenvalue weighted by atomic mass is 9.88. The van der Waals surface area contributed by atoms with Gasteiger partial charge in [0.2, 0.25) is 0 Å². The van der Waals surface area contributed by atoms with Crippen LogP contribution in [-0.4, -0.2) is 29.4 Å². The lowest BCUT2D eigenvalue weighted by molar-refractivity contribution is -0.133. The summed E-state index contributed by atoms with van der Waals surface area (Å²) >= 11 is 0. The fraction of sp³-hybridized carbons (Fsp3) is 0.226. The highest BCUT2D eigenvalue weighted by Gasteiger charge is 2.54. The maximum atomic E-state index is 13.2. The minimum atomic E-state index is -0.912. The lowest BCUT2D eigenvalue weighted by Gasteiger charge is -2.14. The number of hydrogen-bond acceptors (Lipinski definition) is 6. The Morgan fingerprint density at radius 1 is 0.921 bits per heavy atom. The quantitative estimate of drug-likeness (QED) is 0.143. The fourth-order valence-corrected chi connectivity index (χ4v) is 4.58. The average molecular weight is 511 g/mol. The van der Waals surface area contributed by atoms with Crippen molar-refractivity contribution >= 4 is 28.2 Å². The smallest absolute Gasteiger partial charge is 0.150 e. The molecular weight excluding hydrogens is 483 g/mol. The maximum absolute atomic E-state index is 13.2. The third kappa shape index (κ3) is 5.32. The highest BCUT2D eigenvalue weighted by Crippen LogP contribution is 2.48. The molecule has 1 fully saturated rings. The zero-order chi connectivity index (χ0) is 26.7. The molecule has 192 valence electrons. The third-order valence-electron chi connectivity index (χ3n) is 6.96. The van der Waals surface area contributed by atoms with Gasteiger partial charge in [0.15, 0.2) is 11.6 Å². The van der Waals surface area contributed by atoms with Crippen LogP contribution in [0.5, 0.6) is 11.5 Å². The van der Waals surface area contributed by atoms with E-state index in [1.807, 2.05) is 49.4 Å². The molecule has 4 aromatic rings. The van der Waals surface area contributed by atoms with E-state index in [0.29, 0.717) is 24.3 Å². The molecule has 0 spiro atoms. The van der Waals surface area contributed by atoms with Gasteiger partial charge in [0.1, 0.15) is 24.4 Å². The summed E-state index contributed by atoms with van der Waals surface area (Å²) in [6.45, 7) is 1.86. The number of aromatic nitrogens is 1. The first-order valence-corrected chi connectivity index (χ1v) is 12.4. The van der Waals surface area contributed by atoms with E-state index in [-0.39, 0.29) is 30.2 Å². The van der Waals surface area contributed by atoms with Gasteiger partial charge in [0, 0.05) is 30.0 Å². The number of halogens is 1. The van der Waals surface area contributed by atoms with Gasteiger partial charge in [-0.15, -0.1) is 0 Å². The number of fused-ring (bicyclic) bond motifs is 1. The van der Waals surface area contributed by atoms with E-state index in [1.165, 1.54) is 19.2 Å². The first kappa shape index (κ1) is 25.3. The van der Waals surface area contributed by atoms with Crippen molar-refractivity contribution in [3.8, 4) is 11.5 Å². The molecule has 38 heavy (non-hydrogen) atoms. The van der Waals surface area contributed by atoms with Crippen LogP contribution >= 0.6 is 0 Å². The number of nitrogens with zero attached hydrogens (tertiary/aromatic N) is 2. The monoisotopic (exact) mass is 510 g/mol. The van der Waals surface area contributed by atoms with Crippen molar-refractivity contribution in [3.05, 3.63) is 102 Å². The molecule has 0 radical (unpaired) electrons. The van der Waals surface area contributed by atoms with Crippen LogP contribution in [0, 0.1) is 11.2 Å². The van der Waals surface area contributed by atoms with Crippen molar-refractivity contribution in [2.75, 3.05) is 7.11 Å². The van der Waals surface area contributed by atoms with Crippen LogP contribution in [0.1, 0.15) is 36.5 Å². The second kappa shape index (κ2) is 10.5. The first-order valence-electron chi connectivity index (χ1n) is 12.4. The van der Waals surface area contributed by atoms with Crippen molar-refractivity contribution in [1.82, 2.24) is 4.98 Å². The maximum Gasteiger partial charge on any atom is 0.150 e. The topological polar surface area (TPSA) is 77.9 Å². The molecule has 0 atom stereocenters. The van der Waals surface area contributed by atoms with Gasteiger partial charge in [-0.05, 0) is 73.4 Å². The van der Waals surface area contributed by atoms with E-state index in [9.17, 15) is 14.0 Å². The molecule has 1 saturated carbocycles. The number of Topliss-reactive ketones (excluding diaryl/α,β-unsaturated/α-hetero) is 2. The number of oxime groups is 1. The summed E-state index contributed by atoms with van der Waals surface area (Å²) in [6, 6.07) is 20.8. The highest BCUT2D eigenvalue weighted by molar-refractivity contribution is 6.11. The van der Waals surface area contributed by atoms with Crippen LogP contribution in [0.25, 0.3) is 10.9 Å². The van der Waals surface area contributed by atoms with Crippen LogP contribution in [0.3, 0.4) is 0 Å². The van der Waals surface area contributed by atoms with E-state index in [1.54, 1.807) is 24.4 Å². The SMILES string of the molecule is CO/N=C(\C)c1ccc2c(Oc3ccc(CC(=O)C4(C(=O)Cc5ccc(F)cc5)CC4)cc3)ccnc2c1. The Morgan fingerprint density at radius 3 is 2.16 bits per heavy atom. The molecular formula is C31H27FN2O4. The number of carbonyl (C=O) groups excluding carboxylic acids is 2. The van der Waals surface area contributed by atoms with Crippen molar-refractivity contribution in [2.24, 2.45) is 10.6 Å². The number of ether oxygens (including phenoxy) is 1. The molecule has 1 heterocycles. The predicted molar refractivity (Wildman–Crippen MR) is 143 cm³/mol. The minimum Gasteiger partial charge on any atom is -0.457 e. The Morgan fingerprint density at radius 2 is 1.55 bits per heavy atom. The van der Waals surface area contributed by atoms with Gasteiger partial charge < -0.3 is 9.57 Å². The van der Waals surface area contributed by atoms with Gasteiger partial charge in [0.05, 0.1) is 16.6 Å². The summed E-state index contributed by atoms with van der Waals surface area (Å²) in [6.07, 6.45) is 3.15. The van der Waals surface area contributed by atoms with E-state index < -0.39 is 5.41 Å². The molecule has 0 N–H and O–H groups in total. The van der Waals surface area contributed by atoms with Gasteiger partial charge in [-0.3, -0.25) is 14.6 Å². The van der Waals surface area contributed by atoms with E-state index in [2.05, 4.69) is 10.1 Å². The molecule has 0 bridgehead atoms. The third-order valence-corrected chi connectivity index (χ3v) is 6.96. The normalized spacial score (nSPS) is 14.2. The number of ketones is 2. The molecule has 3 aromatic carbocycles. The standard InChI is InChI=1S/C31H27FN2O4/c1-20(34-37-2)23-7-12-26-27(19-23)33-16-13-28(26)38-25-10-5-22(6-11-25)18-30(36)31(14-15-31)29(35)17-21-3-8-24(32)9-4-21/h3-13,16,19H,14-15,17-18H2,1-2H3/b34-20+. The second-order valence-corrected chi connectivity index (χ2v) is 9.55. The molecule has 0 unspecified atom stereocenters. The number of carbonyl (C=O) groups is 2. The lowest BCUT2D eigenvalue weighted by Crippen LogP contribution is -2.28. The number of hydrogen-bond donors (Lipinski definition) is 0. The molecule has 1 aromatic heterocycles. The molecule has 0 aliphatic heterocycles. The van der Waals surface area contributed by atoms with Gasteiger partial charge in [-0.2, -0.15) is 0 Å². The van der Waals surface area contributed by atoms with Gasteiger partial charge in [0.25, 0.3) is 0 Å². The van der Waals surface area contributed by atoms with E-state index >= 15 is 0 Å². The first-order chi connectivity index (χ1) is 18.4. The van der Waals surface area contributed by atoms with Crippen LogP contribution in [0.4, 0.5) is 4.39 Å². The number of rotatable bonds is 10. The fourth-order valence-electron chi connectivity index (χ4n) is 4.58. The van der Waals surface area contributed by atoms with Gasteiger partial charge >= 0.3 is 0 Å². The zero-order valence-electron chi connectivity index (χ0n) is 21.2. The van der Waals surface area contributed by atoms with Crippen LogP contribution in [0.15, 0.2) is 84.1 Å². The summed E-state index contributed by atoms with van der Waals surface area (Å²) < 4.78 is 19.3. The van der Waals surface area contributed by atoms with Crippen molar-refractivity contribution in [1.29, 1.82) is 0 Å². The minimum absolute atomic E-state index is 0.0680. The van der Waals surface area contributed by atoms with Crippen LogP contribution in [-0.2, 0) is 27.3 Å². The van der Waals surface area contributed by atoms with E-state index in [4.69, 9.17) is 9.57 Å². The van der Waals surface area contributed by atoms with Gasteiger partial charge in [-0.25, -0.2) is 4.39 Å². The Hall–Kier alpha value is -4.39. The number of benzene rings is 3. The zero-order valence-corrected chi connectivity index (χ0v) is 21.2. The number of pyridine rings is 1. The summed E-state index contributed by atoms with van der Waals surface area (Å²) in [4.78, 5) is 35.3. The Labute approximate surface area is 220 Å². The van der Waals surface area contributed by atoms with Crippen molar-refractivity contribution < 1.29 is 23.6 Å². The highest BCUT2D eigenvalue weighted by atomic mass is 19.1.